The molecule has 3 aliphatic heterocycles. The Hall–Kier alpha value is -4.25. The lowest BCUT2D eigenvalue weighted by atomic mass is 9.86. The molecule has 3 aromatic carbocycles. The molecule has 302 valence electrons. The fraction of sp³-hybridized carbons (Fsp3) is 0.450. The van der Waals surface area contributed by atoms with Gasteiger partial charge in [0, 0.05) is 79.7 Å². The molecule has 0 radical (unpaired) electrons. The van der Waals surface area contributed by atoms with Gasteiger partial charge in [0.25, 0.3) is 0 Å². The lowest BCUT2D eigenvalue weighted by molar-refractivity contribution is -0.274. The topological polar surface area (TPSA) is 70.7 Å². The lowest BCUT2D eigenvalue weighted by Crippen LogP contribution is -2.53. The first-order valence-electron chi connectivity index (χ1n) is 18.5. The van der Waals surface area contributed by atoms with Gasteiger partial charge in [0.2, 0.25) is 0 Å². The molecule has 4 aromatic rings. The number of aryl methyl sites for hydroxylation is 1. The number of likely N-dealkylation sites (tertiary alicyclic amines) is 2. The van der Waals surface area contributed by atoms with E-state index in [2.05, 4.69) is 31.4 Å². The van der Waals surface area contributed by atoms with Crippen LogP contribution in [0.5, 0.6) is 5.75 Å². The lowest BCUT2D eigenvalue weighted by Gasteiger charge is -2.36. The van der Waals surface area contributed by atoms with E-state index in [1.54, 1.807) is 17.0 Å². The molecule has 4 heterocycles. The third-order valence-electron chi connectivity index (χ3n) is 11.4. The number of benzene rings is 3. The molecule has 3 fully saturated rings. The first-order valence-corrected chi connectivity index (χ1v) is 18.5. The van der Waals surface area contributed by atoms with Crippen molar-refractivity contribution in [1.82, 2.24) is 25.0 Å². The monoisotopic (exact) mass is 794 g/mol. The van der Waals surface area contributed by atoms with E-state index in [1.165, 1.54) is 12.1 Å². The number of nitrogens with two attached hydrogens (primary N) is 1. The fourth-order valence-corrected chi connectivity index (χ4v) is 8.48. The summed E-state index contributed by atoms with van der Waals surface area (Å²) in [7, 11) is 0. The molecule has 4 N–H and O–H groups in total. The summed E-state index contributed by atoms with van der Waals surface area (Å²) in [5.74, 6) is -0.335. The maximum Gasteiger partial charge on any atom is 0.573 e. The standard InChI is InChI=1S/C40H43F9N6O/c1-25(37(50)12-15-51-16-13-37)52-14-3-17-53-23-32(27-7-9-30(10-8-27)56-40(47,48)49)31-18-26(6-11-36(31)53)20-54-21-29-19-28(54)22-55(29)24-33-34(38(41,42)43)4-2-5-35(33)39(44,45)46/h2,4-11,18,23,28-29,51-52H,1,3,12-17,19-22,24,50H2. The summed E-state index contributed by atoms with van der Waals surface area (Å²) in [5.41, 5.74) is 7.00. The zero-order valence-corrected chi connectivity index (χ0v) is 30.4. The highest BCUT2D eigenvalue weighted by molar-refractivity contribution is 5.96. The molecule has 2 bridgehead atoms. The Kier molecular flexibility index (Phi) is 10.9. The van der Waals surface area contributed by atoms with Crippen molar-refractivity contribution in [3.63, 3.8) is 0 Å². The van der Waals surface area contributed by atoms with Crippen LogP contribution in [0.15, 0.2) is 79.1 Å². The summed E-state index contributed by atoms with van der Waals surface area (Å²) >= 11 is 0. The number of nitrogens with one attached hydrogen (secondary N) is 2. The van der Waals surface area contributed by atoms with Gasteiger partial charge in [-0.25, -0.2) is 0 Å². The van der Waals surface area contributed by atoms with Crippen molar-refractivity contribution in [3.8, 4) is 16.9 Å². The van der Waals surface area contributed by atoms with Crippen LogP contribution < -0.4 is 21.1 Å². The maximum absolute atomic E-state index is 13.8. The molecule has 56 heavy (non-hydrogen) atoms. The molecule has 7 nitrogen and oxygen atoms in total. The Bertz CT molecular complexity index is 2000. The average Bonchev–Trinajstić information content (AvgIpc) is 3.82. The smallest absolute Gasteiger partial charge is 0.406 e. The number of hydrogen-bond donors (Lipinski definition) is 3. The zero-order valence-electron chi connectivity index (χ0n) is 30.4. The van der Waals surface area contributed by atoms with Crippen molar-refractivity contribution in [2.75, 3.05) is 32.7 Å². The van der Waals surface area contributed by atoms with Crippen LogP contribution in [-0.4, -0.2) is 71.1 Å². The van der Waals surface area contributed by atoms with Gasteiger partial charge in [-0.1, -0.05) is 30.8 Å². The molecule has 2 atom stereocenters. The number of aromatic nitrogens is 1. The van der Waals surface area contributed by atoms with Crippen LogP contribution in [-0.2, 0) is 32.0 Å². The van der Waals surface area contributed by atoms with Gasteiger partial charge in [-0.15, -0.1) is 13.2 Å². The largest absolute Gasteiger partial charge is 0.573 e. The van der Waals surface area contributed by atoms with E-state index in [1.807, 2.05) is 24.4 Å². The molecule has 2 unspecified atom stereocenters. The second kappa shape index (κ2) is 15.3. The first kappa shape index (κ1) is 40.0. The van der Waals surface area contributed by atoms with Crippen LogP contribution in [0.1, 0.15) is 47.9 Å². The van der Waals surface area contributed by atoms with E-state index in [-0.39, 0.29) is 17.8 Å². The van der Waals surface area contributed by atoms with Gasteiger partial charge < -0.3 is 25.7 Å². The Labute approximate surface area is 318 Å². The number of ether oxygens (including phenoxy) is 1. The van der Waals surface area contributed by atoms with Crippen LogP contribution in [0.2, 0.25) is 0 Å². The number of alkyl halides is 9. The van der Waals surface area contributed by atoms with E-state index in [0.29, 0.717) is 56.8 Å². The van der Waals surface area contributed by atoms with Crippen molar-refractivity contribution in [3.05, 3.63) is 101 Å². The number of hydrogen-bond acceptors (Lipinski definition) is 6. The minimum atomic E-state index is -4.93. The van der Waals surface area contributed by atoms with E-state index in [0.717, 1.165) is 66.1 Å². The Morgan fingerprint density at radius 3 is 2.07 bits per heavy atom. The third-order valence-corrected chi connectivity index (χ3v) is 11.4. The summed E-state index contributed by atoms with van der Waals surface area (Å²) in [4.78, 5) is 3.92. The van der Waals surface area contributed by atoms with Gasteiger partial charge in [-0.05, 0) is 91.9 Å². The van der Waals surface area contributed by atoms with Crippen molar-refractivity contribution in [1.29, 1.82) is 0 Å². The molecule has 0 spiro atoms. The quantitative estimate of drug-likeness (QED) is 0.0992. The van der Waals surface area contributed by atoms with Crippen LogP contribution >= 0.6 is 0 Å². The number of halogens is 9. The maximum atomic E-state index is 13.8. The second-order valence-electron chi connectivity index (χ2n) is 15.1. The van der Waals surface area contributed by atoms with Gasteiger partial charge in [0.05, 0.1) is 16.7 Å². The summed E-state index contributed by atoms with van der Waals surface area (Å²) in [5, 5.41) is 7.59. The highest BCUT2D eigenvalue weighted by atomic mass is 19.4. The molecule has 16 heteroatoms. The molecule has 3 saturated heterocycles. The zero-order chi connectivity index (χ0) is 40.0. The predicted octanol–water partition coefficient (Wildman–Crippen LogP) is 8.28. The molecule has 3 aliphatic rings. The molecule has 0 amide bonds. The van der Waals surface area contributed by atoms with Crippen molar-refractivity contribution in [2.24, 2.45) is 5.73 Å². The summed E-state index contributed by atoms with van der Waals surface area (Å²) in [6, 6.07) is 13.6. The van der Waals surface area contributed by atoms with Gasteiger partial charge in [0.1, 0.15) is 5.75 Å². The highest BCUT2D eigenvalue weighted by Gasteiger charge is 2.46. The molecule has 0 aliphatic carbocycles. The van der Waals surface area contributed by atoms with E-state index in [9.17, 15) is 39.5 Å². The molecule has 1 aromatic heterocycles. The Balaban J connectivity index is 1.08. The van der Waals surface area contributed by atoms with Gasteiger partial charge in [-0.3, -0.25) is 9.80 Å². The molecule has 0 saturated carbocycles. The van der Waals surface area contributed by atoms with Crippen LogP contribution in [0.25, 0.3) is 22.0 Å². The molecular formula is C40H43F9N6O. The number of piperidine rings is 1. The van der Waals surface area contributed by atoms with E-state index >= 15 is 0 Å². The van der Waals surface area contributed by atoms with Crippen LogP contribution in [0.3, 0.4) is 0 Å². The van der Waals surface area contributed by atoms with Crippen molar-refractivity contribution < 1.29 is 44.3 Å². The minimum absolute atomic E-state index is 0.0619. The van der Waals surface area contributed by atoms with Crippen LogP contribution in [0, 0.1) is 0 Å². The molecule has 7 rings (SSSR count). The van der Waals surface area contributed by atoms with E-state index < -0.39 is 47.5 Å². The molecular weight excluding hydrogens is 751 g/mol. The van der Waals surface area contributed by atoms with E-state index in [4.69, 9.17) is 5.73 Å². The van der Waals surface area contributed by atoms with Crippen LogP contribution in [0.4, 0.5) is 39.5 Å². The van der Waals surface area contributed by atoms with Crippen molar-refractivity contribution >= 4 is 10.9 Å². The summed E-state index contributed by atoms with van der Waals surface area (Å²) in [6.07, 6.45) is -9.77. The number of fused-ring (bicyclic) bond motifs is 3. The highest BCUT2D eigenvalue weighted by Crippen LogP contribution is 2.42. The van der Waals surface area contributed by atoms with Gasteiger partial charge in [-0.2, -0.15) is 26.3 Å². The average molecular weight is 795 g/mol. The Morgan fingerprint density at radius 2 is 1.48 bits per heavy atom. The fourth-order valence-electron chi connectivity index (χ4n) is 8.48. The Morgan fingerprint density at radius 1 is 0.857 bits per heavy atom. The summed E-state index contributed by atoms with van der Waals surface area (Å²) in [6.45, 7) is 7.95. The third kappa shape index (κ3) is 8.67. The SMILES string of the molecule is C=C(NCCCn1cc(-c2ccc(OC(F)(F)F)cc2)c2cc(CN3CC4CC3CN4Cc3c(C(F)(F)F)cccc3C(F)(F)F)ccc21)C1(N)CCNCC1. The second-order valence-corrected chi connectivity index (χ2v) is 15.1. The normalized spacial score (nSPS) is 20.5. The van der Waals surface area contributed by atoms with Crippen molar-refractivity contribution in [2.45, 2.75) is 81.7 Å². The number of nitrogens with zero attached hydrogens (tertiary/aromatic N) is 3. The predicted molar refractivity (Wildman–Crippen MR) is 194 cm³/mol. The minimum Gasteiger partial charge on any atom is -0.406 e. The van der Waals surface area contributed by atoms with Gasteiger partial charge in [0.15, 0.2) is 0 Å². The summed E-state index contributed by atoms with van der Waals surface area (Å²) < 4.78 is 128. The van der Waals surface area contributed by atoms with Gasteiger partial charge >= 0.3 is 18.7 Å². The first-order chi connectivity index (χ1) is 26.4. The number of piperazine rings is 1. The number of rotatable bonds is 12.